The molecule has 1 aromatic carbocycles. The number of halogens is 1. The number of aromatic nitrogens is 2. The van der Waals surface area contributed by atoms with Gasteiger partial charge in [0.1, 0.15) is 0 Å². The van der Waals surface area contributed by atoms with Gasteiger partial charge in [-0.05, 0) is 23.5 Å². The van der Waals surface area contributed by atoms with Gasteiger partial charge in [0, 0.05) is 45.8 Å². The lowest BCUT2D eigenvalue weighted by atomic mass is 10.0. The first kappa shape index (κ1) is 22.7. The Morgan fingerprint density at radius 2 is 2.14 bits per heavy atom. The third-order valence-electron chi connectivity index (χ3n) is 5.02. The maximum absolute atomic E-state index is 5.85. The van der Waals surface area contributed by atoms with E-state index in [0.29, 0.717) is 18.4 Å². The number of hydrogen-bond acceptors (Lipinski definition) is 3. The van der Waals surface area contributed by atoms with Crippen LogP contribution in [0.25, 0.3) is 0 Å². The van der Waals surface area contributed by atoms with Gasteiger partial charge in [-0.15, -0.1) is 24.0 Å². The maximum atomic E-state index is 5.85. The van der Waals surface area contributed by atoms with Gasteiger partial charge in [-0.3, -0.25) is 9.67 Å². The standard InChI is InChI=1S/C21H31N5O.HI/c1-17(15-27-16-18-7-5-4-6-8-18)11-23-21(22-2)26-10-9-19(14-26)20-12-24-25(3)13-20;/h4-8,12-13,17,19H,9-11,14-16H2,1-3H3,(H,22,23);1H. The SMILES string of the molecule is CN=C(NCC(C)COCc1ccccc1)N1CCC(c2cnn(C)c2)C1.I. The average molecular weight is 497 g/mol. The summed E-state index contributed by atoms with van der Waals surface area (Å²) < 4.78 is 7.72. The first-order valence-electron chi connectivity index (χ1n) is 9.71. The number of likely N-dealkylation sites (tertiary alicyclic amines) is 1. The highest BCUT2D eigenvalue weighted by atomic mass is 127. The van der Waals surface area contributed by atoms with Gasteiger partial charge in [0.25, 0.3) is 0 Å². The summed E-state index contributed by atoms with van der Waals surface area (Å²) in [6, 6.07) is 10.3. The fourth-order valence-corrected chi connectivity index (χ4v) is 3.48. The van der Waals surface area contributed by atoms with Gasteiger partial charge >= 0.3 is 0 Å². The van der Waals surface area contributed by atoms with E-state index in [9.17, 15) is 0 Å². The van der Waals surface area contributed by atoms with Gasteiger partial charge in [-0.2, -0.15) is 5.10 Å². The highest BCUT2D eigenvalue weighted by molar-refractivity contribution is 14.0. The van der Waals surface area contributed by atoms with Gasteiger partial charge < -0.3 is 15.0 Å². The van der Waals surface area contributed by atoms with Gasteiger partial charge in [0.2, 0.25) is 0 Å². The molecule has 2 heterocycles. The Morgan fingerprint density at radius 3 is 2.82 bits per heavy atom. The maximum Gasteiger partial charge on any atom is 0.193 e. The molecule has 6 nitrogen and oxygen atoms in total. The van der Waals surface area contributed by atoms with Crippen molar-refractivity contribution in [3.8, 4) is 0 Å². The summed E-state index contributed by atoms with van der Waals surface area (Å²) >= 11 is 0. The van der Waals surface area contributed by atoms with Gasteiger partial charge in [-0.1, -0.05) is 37.3 Å². The number of ether oxygens (including phenoxy) is 1. The monoisotopic (exact) mass is 497 g/mol. The number of aryl methyl sites for hydroxylation is 1. The zero-order valence-corrected chi connectivity index (χ0v) is 19.4. The number of guanidine groups is 1. The van der Waals surface area contributed by atoms with Crippen molar-refractivity contribution >= 4 is 29.9 Å². The lowest BCUT2D eigenvalue weighted by Gasteiger charge is -2.23. The first-order valence-corrected chi connectivity index (χ1v) is 9.71. The molecule has 0 spiro atoms. The van der Waals surface area contributed by atoms with E-state index in [-0.39, 0.29) is 24.0 Å². The summed E-state index contributed by atoms with van der Waals surface area (Å²) in [4.78, 5) is 6.82. The van der Waals surface area contributed by atoms with E-state index in [0.717, 1.165) is 38.6 Å². The zero-order chi connectivity index (χ0) is 19.1. The van der Waals surface area contributed by atoms with E-state index < -0.39 is 0 Å². The Labute approximate surface area is 185 Å². The fourth-order valence-electron chi connectivity index (χ4n) is 3.48. The number of aliphatic imine (C=N–C) groups is 1. The van der Waals surface area contributed by atoms with E-state index >= 15 is 0 Å². The van der Waals surface area contributed by atoms with Gasteiger partial charge in [0.15, 0.2) is 5.96 Å². The normalized spacial score (nSPS) is 18.0. The smallest absolute Gasteiger partial charge is 0.193 e. The summed E-state index contributed by atoms with van der Waals surface area (Å²) in [6.45, 7) is 6.47. The molecule has 0 radical (unpaired) electrons. The van der Waals surface area contributed by atoms with Crippen molar-refractivity contribution in [2.24, 2.45) is 18.0 Å². The quantitative estimate of drug-likeness (QED) is 0.363. The molecule has 3 rings (SSSR count). The summed E-state index contributed by atoms with van der Waals surface area (Å²) in [5.74, 6) is 1.93. The highest BCUT2D eigenvalue weighted by Crippen LogP contribution is 2.26. The van der Waals surface area contributed by atoms with Gasteiger partial charge in [-0.25, -0.2) is 0 Å². The van der Waals surface area contributed by atoms with Crippen LogP contribution >= 0.6 is 24.0 Å². The van der Waals surface area contributed by atoms with Crippen LogP contribution in [0.15, 0.2) is 47.7 Å². The summed E-state index contributed by atoms with van der Waals surface area (Å²) in [5.41, 5.74) is 2.53. The minimum absolute atomic E-state index is 0. The van der Waals surface area contributed by atoms with Crippen LogP contribution in [0, 0.1) is 5.92 Å². The minimum Gasteiger partial charge on any atom is -0.376 e. The molecule has 7 heteroatoms. The van der Waals surface area contributed by atoms with Crippen molar-refractivity contribution in [3.05, 3.63) is 53.9 Å². The molecule has 1 N–H and O–H groups in total. The van der Waals surface area contributed by atoms with Crippen LogP contribution in [0.1, 0.15) is 30.4 Å². The molecule has 0 aliphatic carbocycles. The molecule has 1 saturated heterocycles. The van der Waals surface area contributed by atoms with Crippen molar-refractivity contribution in [2.45, 2.75) is 25.9 Å². The molecule has 1 aliphatic rings. The van der Waals surface area contributed by atoms with E-state index in [1.807, 2.05) is 43.2 Å². The van der Waals surface area contributed by atoms with Crippen molar-refractivity contribution in [1.29, 1.82) is 0 Å². The number of nitrogens with one attached hydrogen (secondary N) is 1. The average Bonchev–Trinajstić information content (AvgIpc) is 3.32. The van der Waals surface area contributed by atoms with E-state index in [2.05, 4.69) is 45.6 Å². The van der Waals surface area contributed by atoms with Crippen molar-refractivity contribution in [2.75, 3.05) is 33.3 Å². The van der Waals surface area contributed by atoms with Crippen LogP contribution in [-0.4, -0.2) is 53.9 Å². The molecular weight excluding hydrogens is 465 g/mol. The molecule has 28 heavy (non-hydrogen) atoms. The molecular formula is C21H32IN5O. The molecule has 1 aromatic heterocycles. The number of hydrogen-bond donors (Lipinski definition) is 1. The molecule has 0 amide bonds. The number of benzene rings is 1. The lowest BCUT2D eigenvalue weighted by Crippen LogP contribution is -2.42. The predicted molar refractivity (Wildman–Crippen MR) is 124 cm³/mol. The van der Waals surface area contributed by atoms with E-state index in [1.165, 1.54) is 11.1 Å². The fraction of sp³-hybridized carbons (Fsp3) is 0.524. The van der Waals surface area contributed by atoms with Crippen molar-refractivity contribution < 1.29 is 4.74 Å². The summed E-state index contributed by atoms with van der Waals surface area (Å²) in [6.07, 6.45) is 5.25. The molecule has 2 aromatic rings. The molecule has 2 atom stereocenters. The molecule has 0 saturated carbocycles. The van der Waals surface area contributed by atoms with E-state index in [4.69, 9.17) is 4.74 Å². The first-order chi connectivity index (χ1) is 13.2. The van der Waals surface area contributed by atoms with Crippen LogP contribution in [-0.2, 0) is 18.4 Å². The highest BCUT2D eigenvalue weighted by Gasteiger charge is 2.26. The predicted octanol–water partition coefficient (Wildman–Crippen LogP) is 3.26. The van der Waals surface area contributed by atoms with Crippen LogP contribution in [0.5, 0.6) is 0 Å². The molecule has 0 bridgehead atoms. The molecule has 1 aliphatic heterocycles. The van der Waals surface area contributed by atoms with E-state index in [1.54, 1.807) is 0 Å². The lowest BCUT2D eigenvalue weighted by molar-refractivity contribution is 0.0929. The van der Waals surface area contributed by atoms with Crippen LogP contribution in [0.2, 0.25) is 0 Å². The topological polar surface area (TPSA) is 54.7 Å². The number of nitrogens with zero attached hydrogens (tertiary/aromatic N) is 4. The van der Waals surface area contributed by atoms with Crippen LogP contribution in [0.3, 0.4) is 0 Å². The molecule has 1 fully saturated rings. The number of rotatable bonds is 7. The second-order valence-electron chi connectivity index (χ2n) is 7.41. The Kier molecular flexibility index (Phi) is 9.24. The third-order valence-corrected chi connectivity index (χ3v) is 5.02. The third kappa shape index (κ3) is 6.48. The minimum atomic E-state index is 0. The Bertz CT molecular complexity index is 733. The van der Waals surface area contributed by atoms with Gasteiger partial charge in [0.05, 0.1) is 19.4 Å². The van der Waals surface area contributed by atoms with Crippen LogP contribution < -0.4 is 5.32 Å². The summed E-state index contributed by atoms with van der Waals surface area (Å²) in [5, 5.41) is 7.81. The molecule has 154 valence electrons. The second-order valence-corrected chi connectivity index (χ2v) is 7.41. The Balaban J connectivity index is 0.00000280. The van der Waals surface area contributed by atoms with Crippen LogP contribution in [0.4, 0.5) is 0 Å². The zero-order valence-electron chi connectivity index (χ0n) is 17.0. The van der Waals surface area contributed by atoms with Crippen molar-refractivity contribution in [3.63, 3.8) is 0 Å². The summed E-state index contributed by atoms with van der Waals surface area (Å²) in [7, 11) is 3.83. The Morgan fingerprint density at radius 1 is 1.36 bits per heavy atom. The molecule has 2 unspecified atom stereocenters. The largest absolute Gasteiger partial charge is 0.376 e. The second kappa shape index (κ2) is 11.4. The Hall–Kier alpha value is -1.61. The van der Waals surface area contributed by atoms with Crippen molar-refractivity contribution in [1.82, 2.24) is 20.0 Å².